The lowest BCUT2D eigenvalue weighted by Crippen LogP contribution is -2.29. The highest BCUT2D eigenvalue weighted by atomic mass is 16.2. The third-order valence-corrected chi connectivity index (χ3v) is 4.43. The molecule has 0 aliphatic heterocycles. The Hall–Kier alpha value is -3.36. The van der Waals surface area contributed by atoms with Crippen LogP contribution in [0, 0.1) is 0 Å². The molecule has 9 heteroatoms. The first-order valence-electron chi connectivity index (χ1n) is 8.88. The number of nitrogens with zero attached hydrogens (tertiary/aromatic N) is 7. The molecule has 4 rings (SSSR count). The van der Waals surface area contributed by atoms with Gasteiger partial charge in [0.15, 0.2) is 0 Å². The topological polar surface area (TPSA) is 102 Å². The van der Waals surface area contributed by atoms with Crippen molar-refractivity contribution in [1.29, 1.82) is 0 Å². The number of hydrogen-bond donors (Lipinski definition) is 1. The van der Waals surface area contributed by atoms with E-state index >= 15 is 0 Å². The number of aromatic nitrogens is 7. The Morgan fingerprint density at radius 1 is 1.22 bits per heavy atom. The first-order chi connectivity index (χ1) is 13.1. The highest BCUT2D eigenvalue weighted by Gasteiger charge is 2.20. The van der Waals surface area contributed by atoms with Gasteiger partial charge in [-0.05, 0) is 24.5 Å². The molecule has 1 amide bonds. The summed E-state index contributed by atoms with van der Waals surface area (Å²) in [5.74, 6) is 0.927. The van der Waals surface area contributed by atoms with Crippen LogP contribution in [0.15, 0.2) is 37.1 Å². The van der Waals surface area contributed by atoms with Crippen molar-refractivity contribution in [2.75, 3.05) is 0 Å². The second-order valence-corrected chi connectivity index (χ2v) is 6.62. The first-order valence-corrected chi connectivity index (χ1v) is 8.88. The SMILES string of the molecule is CCC(NC(=O)c1cc(C(C)C)n2ncnc2n1)c1cn2cccnc2n1. The molecule has 0 bridgehead atoms. The summed E-state index contributed by atoms with van der Waals surface area (Å²) in [6, 6.07) is 3.36. The third kappa shape index (κ3) is 3.12. The molecule has 1 atom stereocenters. The first kappa shape index (κ1) is 17.1. The van der Waals surface area contributed by atoms with Gasteiger partial charge in [-0.2, -0.15) is 10.1 Å². The molecule has 0 saturated heterocycles. The van der Waals surface area contributed by atoms with Gasteiger partial charge in [0.1, 0.15) is 12.0 Å². The molecule has 0 spiro atoms. The van der Waals surface area contributed by atoms with E-state index in [2.05, 4.69) is 30.4 Å². The highest BCUT2D eigenvalue weighted by molar-refractivity contribution is 5.93. The Balaban J connectivity index is 1.64. The van der Waals surface area contributed by atoms with E-state index in [1.54, 1.807) is 16.8 Å². The minimum absolute atomic E-state index is 0.176. The van der Waals surface area contributed by atoms with Gasteiger partial charge in [-0.3, -0.25) is 9.20 Å². The molecule has 0 radical (unpaired) electrons. The second-order valence-electron chi connectivity index (χ2n) is 6.62. The molecule has 9 nitrogen and oxygen atoms in total. The van der Waals surface area contributed by atoms with E-state index in [0.717, 1.165) is 11.4 Å². The minimum atomic E-state index is -0.265. The summed E-state index contributed by atoms with van der Waals surface area (Å²) in [7, 11) is 0. The van der Waals surface area contributed by atoms with Gasteiger partial charge in [-0.25, -0.2) is 19.5 Å². The predicted molar refractivity (Wildman–Crippen MR) is 98.4 cm³/mol. The molecular weight excluding hydrogens is 344 g/mol. The summed E-state index contributed by atoms with van der Waals surface area (Å²) in [5.41, 5.74) is 1.96. The van der Waals surface area contributed by atoms with E-state index in [4.69, 9.17) is 0 Å². The molecule has 0 fully saturated rings. The zero-order chi connectivity index (χ0) is 19.0. The van der Waals surface area contributed by atoms with Crippen molar-refractivity contribution in [2.24, 2.45) is 0 Å². The van der Waals surface area contributed by atoms with Gasteiger partial charge < -0.3 is 5.32 Å². The number of amides is 1. The smallest absolute Gasteiger partial charge is 0.270 e. The van der Waals surface area contributed by atoms with Gasteiger partial charge in [-0.1, -0.05) is 20.8 Å². The third-order valence-electron chi connectivity index (χ3n) is 4.43. The Morgan fingerprint density at radius 2 is 2.07 bits per heavy atom. The van der Waals surface area contributed by atoms with Crippen LogP contribution in [-0.2, 0) is 0 Å². The van der Waals surface area contributed by atoms with Crippen LogP contribution in [0.5, 0.6) is 0 Å². The van der Waals surface area contributed by atoms with Crippen molar-refractivity contribution in [3.63, 3.8) is 0 Å². The van der Waals surface area contributed by atoms with Crippen molar-refractivity contribution in [2.45, 2.75) is 39.2 Å². The van der Waals surface area contributed by atoms with Crippen LogP contribution in [0.25, 0.3) is 11.6 Å². The number of carbonyl (C=O) groups is 1. The summed E-state index contributed by atoms with van der Waals surface area (Å²) in [6.45, 7) is 6.07. The molecule has 0 saturated carbocycles. The van der Waals surface area contributed by atoms with Crippen LogP contribution in [0.1, 0.15) is 61.0 Å². The van der Waals surface area contributed by atoms with E-state index < -0.39 is 0 Å². The Kier molecular flexibility index (Phi) is 4.27. The summed E-state index contributed by atoms with van der Waals surface area (Å²) in [4.78, 5) is 30.1. The highest BCUT2D eigenvalue weighted by Crippen LogP contribution is 2.19. The van der Waals surface area contributed by atoms with E-state index in [1.165, 1.54) is 6.33 Å². The fourth-order valence-electron chi connectivity index (χ4n) is 3.00. The number of fused-ring (bicyclic) bond motifs is 2. The molecule has 0 aliphatic carbocycles. The van der Waals surface area contributed by atoms with Crippen LogP contribution in [-0.4, -0.2) is 39.9 Å². The van der Waals surface area contributed by atoms with Crippen molar-refractivity contribution in [3.05, 3.63) is 54.1 Å². The molecule has 138 valence electrons. The number of rotatable bonds is 5. The largest absolute Gasteiger partial charge is 0.342 e. The molecule has 4 aromatic heterocycles. The van der Waals surface area contributed by atoms with E-state index in [0.29, 0.717) is 23.7 Å². The summed E-state index contributed by atoms with van der Waals surface area (Å²) >= 11 is 0. The van der Waals surface area contributed by atoms with Crippen LogP contribution >= 0.6 is 0 Å². The number of hydrogen-bond acceptors (Lipinski definition) is 6. The molecule has 0 aromatic carbocycles. The number of carbonyl (C=O) groups excluding carboxylic acids is 1. The molecular formula is C18H20N8O. The summed E-state index contributed by atoms with van der Waals surface area (Å²) in [5, 5.41) is 7.20. The number of imidazole rings is 1. The Labute approximate surface area is 155 Å². The molecule has 1 unspecified atom stereocenters. The molecule has 27 heavy (non-hydrogen) atoms. The Bertz CT molecular complexity index is 1080. The van der Waals surface area contributed by atoms with Gasteiger partial charge in [0.25, 0.3) is 11.7 Å². The molecule has 1 N–H and O–H groups in total. The zero-order valence-corrected chi connectivity index (χ0v) is 15.4. The van der Waals surface area contributed by atoms with E-state index in [-0.39, 0.29) is 17.9 Å². The van der Waals surface area contributed by atoms with Gasteiger partial charge in [0.2, 0.25) is 5.78 Å². The van der Waals surface area contributed by atoms with Crippen LogP contribution in [0.4, 0.5) is 0 Å². The lowest BCUT2D eigenvalue weighted by molar-refractivity contribution is 0.0929. The lowest BCUT2D eigenvalue weighted by Gasteiger charge is -2.15. The van der Waals surface area contributed by atoms with Crippen molar-refractivity contribution in [1.82, 2.24) is 39.3 Å². The van der Waals surface area contributed by atoms with Crippen molar-refractivity contribution in [3.8, 4) is 0 Å². The van der Waals surface area contributed by atoms with Crippen LogP contribution < -0.4 is 5.32 Å². The lowest BCUT2D eigenvalue weighted by atomic mass is 10.1. The van der Waals surface area contributed by atoms with E-state index in [1.807, 2.05) is 43.6 Å². The molecule has 4 heterocycles. The predicted octanol–water partition coefficient (Wildman–Crippen LogP) is 2.17. The van der Waals surface area contributed by atoms with Crippen LogP contribution in [0.2, 0.25) is 0 Å². The quantitative estimate of drug-likeness (QED) is 0.582. The average molecular weight is 364 g/mol. The van der Waals surface area contributed by atoms with Crippen LogP contribution in [0.3, 0.4) is 0 Å². The normalized spacial score (nSPS) is 12.7. The maximum absolute atomic E-state index is 12.9. The Morgan fingerprint density at radius 3 is 2.81 bits per heavy atom. The number of nitrogens with one attached hydrogen (secondary N) is 1. The fourth-order valence-corrected chi connectivity index (χ4v) is 3.00. The summed E-state index contributed by atoms with van der Waals surface area (Å²) < 4.78 is 3.49. The monoisotopic (exact) mass is 364 g/mol. The zero-order valence-electron chi connectivity index (χ0n) is 15.4. The van der Waals surface area contributed by atoms with Gasteiger partial charge in [-0.15, -0.1) is 0 Å². The summed E-state index contributed by atoms with van der Waals surface area (Å²) in [6.07, 6.45) is 7.58. The second kappa shape index (κ2) is 6.75. The van der Waals surface area contributed by atoms with Gasteiger partial charge in [0.05, 0.1) is 17.4 Å². The van der Waals surface area contributed by atoms with Gasteiger partial charge >= 0.3 is 0 Å². The average Bonchev–Trinajstić information content (AvgIpc) is 3.31. The molecule has 0 aliphatic rings. The standard InChI is InChI=1S/C18H20N8O/c1-4-12(14-9-25-7-5-6-19-17(25)24-14)22-16(27)13-8-15(11(2)3)26-18(23-13)20-10-21-26/h5-12H,4H2,1-3H3,(H,22,27). The molecule has 4 aromatic rings. The van der Waals surface area contributed by atoms with Crippen molar-refractivity contribution >= 4 is 17.5 Å². The maximum atomic E-state index is 12.9. The van der Waals surface area contributed by atoms with E-state index in [9.17, 15) is 4.79 Å². The van der Waals surface area contributed by atoms with Crippen molar-refractivity contribution < 1.29 is 4.79 Å². The fraction of sp³-hybridized carbons (Fsp3) is 0.333. The minimum Gasteiger partial charge on any atom is -0.342 e. The maximum Gasteiger partial charge on any atom is 0.270 e. The van der Waals surface area contributed by atoms with Gasteiger partial charge in [0, 0.05) is 18.6 Å².